The van der Waals surface area contributed by atoms with Crippen LogP contribution in [0.15, 0.2) is 24.3 Å². The fraction of sp³-hybridized carbons (Fsp3) is 0.600. The SMILES string of the molecule is OCCOCCCNC(c1ccc(Cl)cc1)C1CC1. The van der Waals surface area contributed by atoms with Crippen molar-refractivity contribution in [2.75, 3.05) is 26.4 Å². The summed E-state index contributed by atoms with van der Waals surface area (Å²) in [4.78, 5) is 0. The van der Waals surface area contributed by atoms with Gasteiger partial charge in [-0.05, 0) is 49.4 Å². The van der Waals surface area contributed by atoms with Crippen LogP contribution in [0, 0.1) is 5.92 Å². The minimum atomic E-state index is 0.100. The smallest absolute Gasteiger partial charge is 0.0697 e. The molecule has 0 aliphatic heterocycles. The number of aliphatic hydroxyl groups excluding tert-OH is 1. The molecule has 1 atom stereocenters. The summed E-state index contributed by atoms with van der Waals surface area (Å²) < 4.78 is 5.25. The molecule has 0 saturated heterocycles. The lowest BCUT2D eigenvalue weighted by Gasteiger charge is -2.19. The molecule has 0 radical (unpaired) electrons. The molecule has 0 spiro atoms. The van der Waals surface area contributed by atoms with Gasteiger partial charge in [-0.2, -0.15) is 0 Å². The van der Waals surface area contributed by atoms with Gasteiger partial charge in [-0.25, -0.2) is 0 Å². The average Bonchev–Trinajstić information content (AvgIpc) is 3.24. The largest absolute Gasteiger partial charge is 0.394 e. The lowest BCUT2D eigenvalue weighted by Crippen LogP contribution is -2.25. The number of benzene rings is 1. The molecule has 0 heterocycles. The van der Waals surface area contributed by atoms with Crippen molar-refractivity contribution in [3.63, 3.8) is 0 Å². The van der Waals surface area contributed by atoms with Crippen molar-refractivity contribution in [3.05, 3.63) is 34.9 Å². The molecule has 1 saturated carbocycles. The van der Waals surface area contributed by atoms with E-state index >= 15 is 0 Å². The molecule has 1 aromatic rings. The van der Waals surface area contributed by atoms with Gasteiger partial charge in [-0.1, -0.05) is 23.7 Å². The Kier molecular flexibility index (Phi) is 6.11. The Morgan fingerprint density at radius 2 is 2.00 bits per heavy atom. The monoisotopic (exact) mass is 283 g/mol. The summed E-state index contributed by atoms with van der Waals surface area (Å²) in [6.45, 7) is 2.17. The van der Waals surface area contributed by atoms with Crippen molar-refractivity contribution in [1.82, 2.24) is 5.32 Å². The van der Waals surface area contributed by atoms with Crippen LogP contribution < -0.4 is 5.32 Å². The van der Waals surface area contributed by atoms with Crippen molar-refractivity contribution < 1.29 is 9.84 Å². The molecule has 0 amide bonds. The molecule has 2 N–H and O–H groups in total. The number of rotatable bonds is 9. The Balaban J connectivity index is 1.75. The fourth-order valence-corrected chi connectivity index (χ4v) is 2.38. The van der Waals surface area contributed by atoms with Crippen molar-refractivity contribution in [3.8, 4) is 0 Å². The molecule has 0 bridgehead atoms. The number of hydrogen-bond acceptors (Lipinski definition) is 3. The number of ether oxygens (including phenoxy) is 1. The Morgan fingerprint density at radius 3 is 2.63 bits per heavy atom. The molecule has 1 aliphatic carbocycles. The second-order valence-corrected chi connectivity index (χ2v) is 5.45. The summed E-state index contributed by atoms with van der Waals surface area (Å²) in [5.41, 5.74) is 1.32. The summed E-state index contributed by atoms with van der Waals surface area (Å²) in [5.74, 6) is 0.763. The molecule has 2 rings (SSSR count). The number of nitrogens with one attached hydrogen (secondary N) is 1. The zero-order valence-electron chi connectivity index (χ0n) is 11.1. The van der Waals surface area contributed by atoms with Gasteiger partial charge in [0.05, 0.1) is 13.2 Å². The second-order valence-electron chi connectivity index (χ2n) is 5.01. The van der Waals surface area contributed by atoms with Gasteiger partial charge in [0.25, 0.3) is 0 Å². The molecule has 19 heavy (non-hydrogen) atoms. The van der Waals surface area contributed by atoms with E-state index in [0.29, 0.717) is 19.3 Å². The average molecular weight is 284 g/mol. The maximum absolute atomic E-state index is 8.61. The zero-order chi connectivity index (χ0) is 13.5. The number of aliphatic hydroxyl groups is 1. The number of hydrogen-bond donors (Lipinski definition) is 2. The maximum atomic E-state index is 8.61. The van der Waals surface area contributed by atoms with Gasteiger partial charge < -0.3 is 15.2 Å². The Morgan fingerprint density at radius 1 is 1.26 bits per heavy atom. The summed E-state index contributed by atoms with van der Waals surface area (Å²) in [5, 5.41) is 13.0. The molecule has 4 heteroatoms. The van der Waals surface area contributed by atoms with Crippen LogP contribution in [-0.4, -0.2) is 31.5 Å². The van der Waals surface area contributed by atoms with E-state index < -0.39 is 0 Å². The van der Waals surface area contributed by atoms with Crippen molar-refractivity contribution in [2.45, 2.75) is 25.3 Å². The van der Waals surface area contributed by atoms with Gasteiger partial charge in [0.15, 0.2) is 0 Å². The summed E-state index contributed by atoms with van der Waals surface area (Å²) >= 11 is 5.93. The van der Waals surface area contributed by atoms with Crippen LogP contribution in [0.3, 0.4) is 0 Å². The Labute approximate surface area is 119 Å². The van der Waals surface area contributed by atoms with E-state index in [2.05, 4.69) is 17.4 Å². The minimum absolute atomic E-state index is 0.100. The van der Waals surface area contributed by atoms with Crippen LogP contribution in [0.2, 0.25) is 5.02 Å². The Bertz CT molecular complexity index is 365. The van der Waals surface area contributed by atoms with E-state index in [4.69, 9.17) is 21.4 Å². The van der Waals surface area contributed by atoms with Crippen LogP contribution >= 0.6 is 11.6 Å². The highest BCUT2D eigenvalue weighted by molar-refractivity contribution is 6.30. The summed E-state index contributed by atoms with van der Waals surface area (Å²) in [7, 11) is 0. The highest BCUT2D eigenvalue weighted by atomic mass is 35.5. The molecule has 3 nitrogen and oxygen atoms in total. The van der Waals surface area contributed by atoms with Crippen molar-refractivity contribution in [2.24, 2.45) is 5.92 Å². The lowest BCUT2D eigenvalue weighted by atomic mass is 10.0. The Hall–Kier alpha value is -0.610. The first kappa shape index (κ1) is 14.8. The molecule has 1 fully saturated rings. The highest BCUT2D eigenvalue weighted by Crippen LogP contribution is 2.41. The van der Waals surface area contributed by atoms with Gasteiger partial charge >= 0.3 is 0 Å². The molecule has 106 valence electrons. The third kappa shape index (κ3) is 5.11. The highest BCUT2D eigenvalue weighted by Gasteiger charge is 2.31. The van der Waals surface area contributed by atoms with Gasteiger partial charge in [-0.15, -0.1) is 0 Å². The second kappa shape index (κ2) is 7.85. The molecule has 1 unspecified atom stereocenters. The van der Waals surface area contributed by atoms with Crippen LogP contribution in [0.1, 0.15) is 30.9 Å². The van der Waals surface area contributed by atoms with E-state index in [1.165, 1.54) is 18.4 Å². The third-order valence-corrected chi connectivity index (χ3v) is 3.64. The van der Waals surface area contributed by atoms with Crippen molar-refractivity contribution >= 4 is 11.6 Å². The first-order chi connectivity index (χ1) is 9.31. The zero-order valence-corrected chi connectivity index (χ0v) is 11.9. The van der Waals surface area contributed by atoms with Gasteiger partial charge in [0, 0.05) is 17.7 Å². The molecule has 1 aromatic carbocycles. The molecule has 0 aromatic heterocycles. The minimum Gasteiger partial charge on any atom is -0.394 e. The van der Waals surface area contributed by atoms with Gasteiger partial charge in [-0.3, -0.25) is 0 Å². The molecular formula is C15H22ClNO2. The summed E-state index contributed by atoms with van der Waals surface area (Å²) in [6.07, 6.45) is 3.58. The molecular weight excluding hydrogens is 262 g/mol. The van der Waals surface area contributed by atoms with E-state index in [1.54, 1.807) is 0 Å². The van der Waals surface area contributed by atoms with E-state index in [-0.39, 0.29) is 6.61 Å². The quantitative estimate of drug-likeness (QED) is 0.685. The van der Waals surface area contributed by atoms with E-state index in [1.807, 2.05) is 12.1 Å². The number of halogens is 1. The maximum Gasteiger partial charge on any atom is 0.0697 e. The normalized spacial score (nSPS) is 16.5. The van der Waals surface area contributed by atoms with E-state index in [9.17, 15) is 0 Å². The third-order valence-electron chi connectivity index (χ3n) is 3.39. The summed E-state index contributed by atoms with van der Waals surface area (Å²) in [6, 6.07) is 8.58. The fourth-order valence-electron chi connectivity index (χ4n) is 2.25. The van der Waals surface area contributed by atoms with Crippen LogP contribution in [0.5, 0.6) is 0 Å². The van der Waals surface area contributed by atoms with Gasteiger partial charge in [0.1, 0.15) is 0 Å². The first-order valence-corrected chi connectivity index (χ1v) is 7.36. The van der Waals surface area contributed by atoms with E-state index in [0.717, 1.165) is 23.9 Å². The van der Waals surface area contributed by atoms with Gasteiger partial charge in [0.2, 0.25) is 0 Å². The van der Waals surface area contributed by atoms with Crippen molar-refractivity contribution in [1.29, 1.82) is 0 Å². The van der Waals surface area contributed by atoms with Crippen LogP contribution in [0.4, 0.5) is 0 Å². The standard InChI is InChI=1S/C15H22ClNO2/c16-14-6-4-13(5-7-14)15(12-2-3-12)17-8-1-10-19-11-9-18/h4-7,12,15,17-18H,1-3,8-11H2. The predicted molar refractivity (Wildman–Crippen MR) is 77.4 cm³/mol. The molecule has 1 aliphatic rings. The lowest BCUT2D eigenvalue weighted by molar-refractivity contribution is 0.0903. The van der Waals surface area contributed by atoms with Crippen LogP contribution in [-0.2, 0) is 4.74 Å². The first-order valence-electron chi connectivity index (χ1n) is 6.98. The van der Waals surface area contributed by atoms with Crippen LogP contribution in [0.25, 0.3) is 0 Å². The predicted octanol–water partition coefficient (Wildman–Crippen LogP) is 2.78. The topological polar surface area (TPSA) is 41.5 Å².